The van der Waals surface area contributed by atoms with Crippen LogP contribution in [-0.4, -0.2) is 30.1 Å². The predicted molar refractivity (Wildman–Crippen MR) is 82.9 cm³/mol. The molecule has 0 aromatic carbocycles. The van der Waals surface area contributed by atoms with Crippen molar-refractivity contribution in [2.24, 2.45) is 17.6 Å². The average Bonchev–Trinajstić information content (AvgIpc) is 2.26. The molecule has 2 heteroatoms. The van der Waals surface area contributed by atoms with E-state index < -0.39 is 0 Å². The summed E-state index contributed by atoms with van der Waals surface area (Å²) in [5.74, 6) is 1.42. The summed E-state index contributed by atoms with van der Waals surface area (Å²) in [6, 6.07) is 0. The summed E-state index contributed by atoms with van der Waals surface area (Å²) in [4.78, 5) is 2.67. The van der Waals surface area contributed by atoms with Crippen LogP contribution in [-0.2, 0) is 0 Å². The van der Waals surface area contributed by atoms with E-state index in [1.165, 1.54) is 38.8 Å². The highest BCUT2D eigenvalue weighted by Crippen LogP contribution is 2.31. The van der Waals surface area contributed by atoms with Gasteiger partial charge in [0.1, 0.15) is 0 Å². The van der Waals surface area contributed by atoms with Crippen molar-refractivity contribution in [1.29, 1.82) is 0 Å². The lowest BCUT2D eigenvalue weighted by Gasteiger charge is -2.46. The van der Waals surface area contributed by atoms with Crippen molar-refractivity contribution < 1.29 is 0 Å². The molecule has 18 heavy (non-hydrogen) atoms. The quantitative estimate of drug-likeness (QED) is 0.642. The van der Waals surface area contributed by atoms with Crippen LogP contribution >= 0.6 is 0 Å². The van der Waals surface area contributed by atoms with Gasteiger partial charge < -0.3 is 5.73 Å². The lowest BCUT2D eigenvalue weighted by atomic mass is 9.80. The van der Waals surface area contributed by atoms with Gasteiger partial charge in [0.05, 0.1) is 0 Å². The first kappa shape index (κ1) is 17.9. The molecular weight excluding hydrogens is 220 g/mol. The third-order valence-corrected chi connectivity index (χ3v) is 3.61. The van der Waals surface area contributed by atoms with Gasteiger partial charge in [-0.3, -0.25) is 4.90 Å². The van der Waals surface area contributed by atoms with E-state index in [1.807, 2.05) is 0 Å². The minimum Gasteiger partial charge on any atom is -0.329 e. The van der Waals surface area contributed by atoms with E-state index in [0.717, 1.165) is 6.54 Å². The van der Waals surface area contributed by atoms with E-state index >= 15 is 0 Å². The Balaban J connectivity index is 5.06. The Morgan fingerprint density at radius 2 is 1.28 bits per heavy atom. The molecule has 2 nitrogen and oxygen atoms in total. The van der Waals surface area contributed by atoms with Crippen molar-refractivity contribution >= 4 is 0 Å². The smallest absolute Gasteiger partial charge is 0.0336 e. The van der Waals surface area contributed by atoms with Gasteiger partial charge >= 0.3 is 0 Å². The Labute approximate surface area is 115 Å². The molecule has 0 aromatic rings. The zero-order chi connectivity index (χ0) is 14.2. The normalized spacial score (nSPS) is 13.0. The minimum absolute atomic E-state index is 0.217. The van der Waals surface area contributed by atoms with Crippen molar-refractivity contribution in [3.05, 3.63) is 0 Å². The molecule has 0 saturated heterocycles. The van der Waals surface area contributed by atoms with Gasteiger partial charge in [0, 0.05) is 12.1 Å². The third kappa shape index (κ3) is 5.71. The van der Waals surface area contributed by atoms with Crippen molar-refractivity contribution in [3.8, 4) is 0 Å². The monoisotopic (exact) mass is 256 g/mol. The van der Waals surface area contributed by atoms with Gasteiger partial charge in [-0.2, -0.15) is 0 Å². The molecule has 0 atom stereocenters. The van der Waals surface area contributed by atoms with Gasteiger partial charge in [0.2, 0.25) is 0 Å². The molecule has 0 aromatic heterocycles. The second-order valence-electron chi connectivity index (χ2n) is 6.61. The molecule has 0 amide bonds. The summed E-state index contributed by atoms with van der Waals surface area (Å²) in [7, 11) is 0. The van der Waals surface area contributed by atoms with E-state index in [9.17, 15) is 0 Å². The summed E-state index contributed by atoms with van der Waals surface area (Å²) < 4.78 is 0. The fourth-order valence-corrected chi connectivity index (χ4v) is 3.28. The van der Waals surface area contributed by atoms with Gasteiger partial charge in [0.25, 0.3) is 0 Å². The number of nitrogens with two attached hydrogens (primary N) is 1. The van der Waals surface area contributed by atoms with Gasteiger partial charge in [-0.15, -0.1) is 0 Å². The fourth-order valence-electron chi connectivity index (χ4n) is 3.28. The molecule has 0 fully saturated rings. The Kier molecular flexibility index (Phi) is 8.89. The molecule has 0 aliphatic carbocycles. The maximum atomic E-state index is 6.22. The van der Waals surface area contributed by atoms with E-state index in [0.29, 0.717) is 11.8 Å². The lowest BCUT2D eigenvalue weighted by Crippen LogP contribution is -2.56. The highest BCUT2D eigenvalue weighted by atomic mass is 15.2. The highest BCUT2D eigenvalue weighted by molar-refractivity contribution is 4.93. The van der Waals surface area contributed by atoms with E-state index in [1.54, 1.807) is 0 Å². The van der Waals surface area contributed by atoms with E-state index in [4.69, 9.17) is 5.73 Å². The summed E-state index contributed by atoms with van der Waals surface area (Å²) in [6.45, 7) is 17.0. The van der Waals surface area contributed by atoms with Gasteiger partial charge in [0.15, 0.2) is 0 Å². The van der Waals surface area contributed by atoms with Gasteiger partial charge in [-0.1, -0.05) is 41.5 Å². The Hall–Kier alpha value is -0.0800. The maximum absolute atomic E-state index is 6.22. The molecule has 0 saturated carbocycles. The molecule has 2 N–H and O–H groups in total. The highest BCUT2D eigenvalue weighted by Gasteiger charge is 2.35. The van der Waals surface area contributed by atoms with Crippen LogP contribution in [0.15, 0.2) is 0 Å². The summed E-state index contributed by atoms with van der Waals surface area (Å²) >= 11 is 0. The SMILES string of the molecule is CCCN(CCC)C(CN)(CC(C)C)CC(C)C. The van der Waals surface area contributed by atoms with Crippen LogP contribution in [0, 0.1) is 11.8 Å². The number of rotatable bonds is 10. The standard InChI is InChI=1S/C16H36N2/c1-7-9-18(10-8-2)16(13-17,11-14(3)4)12-15(5)6/h14-15H,7-13,17H2,1-6H3. The molecule has 0 aliphatic heterocycles. The lowest BCUT2D eigenvalue weighted by molar-refractivity contribution is 0.0528. The molecule has 0 radical (unpaired) electrons. The largest absolute Gasteiger partial charge is 0.329 e. The maximum Gasteiger partial charge on any atom is 0.0336 e. The number of nitrogens with zero attached hydrogens (tertiary/aromatic N) is 1. The number of hydrogen-bond donors (Lipinski definition) is 1. The zero-order valence-corrected chi connectivity index (χ0v) is 13.6. The van der Waals surface area contributed by atoms with Gasteiger partial charge in [-0.25, -0.2) is 0 Å². The Morgan fingerprint density at radius 1 is 0.889 bits per heavy atom. The van der Waals surface area contributed by atoms with Crippen LogP contribution in [0.25, 0.3) is 0 Å². The van der Waals surface area contributed by atoms with E-state index in [-0.39, 0.29) is 5.54 Å². The molecular formula is C16H36N2. The first-order valence-corrected chi connectivity index (χ1v) is 7.87. The predicted octanol–water partition coefficient (Wildman–Crippen LogP) is 3.90. The molecule has 0 heterocycles. The van der Waals surface area contributed by atoms with Crippen LogP contribution in [0.4, 0.5) is 0 Å². The van der Waals surface area contributed by atoms with E-state index in [2.05, 4.69) is 46.4 Å². The summed E-state index contributed by atoms with van der Waals surface area (Å²) in [5, 5.41) is 0. The van der Waals surface area contributed by atoms with Crippen LogP contribution in [0.3, 0.4) is 0 Å². The van der Waals surface area contributed by atoms with Crippen molar-refractivity contribution in [2.45, 2.75) is 72.8 Å². The minimum atomic E-state index is 0.217. The first-order chi connectivity index (χ1) is 8.41. The van der Waals surface area contributed by atoms with Crippen molar-refractivity contribution in [2.75, 3.05) is 19.6 Å². The summed E-state index contributed by atoms with van der Waals surface area (Å²) in [5.41, 5.74) is 6.44. The van der Waals surface area contributed by atoms with Crippen molar-refractivity contribution in [3.63, 3.8) is 0 Å². The molecule has 0 aliphatic rings. The van der Waals surface area contributed by atoms with Crippen LogP contribution in [0.5, 0.6) is 0 Å². The molecule has 0 bridgehead atoms. The third-order valence-electron chi connectivity index (χ3n) is 3.61. The second kappa shape index (κ2) is 8.92. The molecule has 0 unspecified atom stereocenters. The van der Waals surface area contributed by atoms with Crippen LogP contribution in [0.1, 0.15) is 67.2 Å². The van der Waals surface area contributed by atoms with Crippen LogP contribution < -0.4 is 5.73 Å². The fraction of sp³-hybridized carbons (Fsp3) is 1.00. The molecule has 0 rings (SSSR count). The van der Waals surface area contributed by atoms with Crippen molar-refractivity contribution in [1.82, 2.24) is 4.90 Å². The molecule has 0 spiro atoms. The average molecular weight is 256 g/mol. The Morgan fingerprint density at radius 3 is 1.50 bits per heavy atom. The number of hydrogen-bond acceptors (Lipinski definition) is 2. The second-order valence-corrected chi connectivity index (χ2v) is 6.61. The topological polar surface area (TPSA) is 29.3 Å². The van der Waals surface area contributed by atoms with Gasteiger partial charge in [-0.05, 0) is 50.6 Å². The van der Waals surface area contributed by atoms with Crippen LogP contribution in [0.2, 0.25) is 0 Å². The summed E-state index contributed by atoms with van der Waals surface area (Å²) in [6.07, 6.45) is 4.89. The Bertz CT molecular complexity index is 183. The first-order valence-electron chi connectivity index (χ1n) is 7.87. The molecule has 110 valence electrons. The zero-order valence-electron chi connectivity index (χ0n) is 13.6.